The van der Waals surface area contributed by atoms with E-state index in [0.717, 1.165) is 11.1 Å². The summed E-state index contributed by atoms with van der Waals surface area (Å²) in [6.45, 7) is 7.57. The molecule has 0 spiro atoms. The second kappa shape index (κ2) is 19.4. The summed E-state index contributed by atoms with van der Waals surface area (Å²) in [5, 5.41) is 10.1. The van der Waals surface area contributed by atoms with Crippen LogP contribution in [0.4, 0.5) is 9.59 Å². The van der Waals surface area contributed by atoms with E-state index in [0.29, 0.717) is 32.2 Å². The number of amides is 4. The highest BCUT2D eigenvalue weighted by atomic mass is 16.7. The number of aliphatic hydroxyl groups excluding tert-OH is 1. The summed E-state index contributed by atoms with van der Waals surface area (Å²) in [6, 6.07) is 19.0. The van der Waals surface area contributed by atoms with Crippen LogP contribution in [0.5, 0.6) is 0 Å². The first-order chi connectivity index (χ1) is 22.0. The van der Waals surface area contributed by atoms with E-state index in [1.807, 2.05) is 74.5 Å². The van der Waals surface area contributed by atoms with Gasteiger partial charge in [-0.15, -0.1) is 0 Å². The number of carbonyl (C=O) groups is 5. The van der Waals surface area contributed by atoms with E-state index in [4.69, 9.17) is 9.47 Å². The van der Waals surface area contributed by atoms with Crippen molar-refractivity contribution in [1.82, 2.24) is 9.80 Å². The molecule has 2 fully saturated rings. The summed E-state index contributed by atoms with van der Waals surface area (Å²) >= 11 is 0. The second-order valence-corrected chi connectivity index (χ2v) is 11.2. The number of hydrogen-bond donors (Lipinski definition) is 1. The average Bonchev–Trinajstić information content (AvgIpc) is 3.62. The van der Waals surface area contributed by atoms with Gasteiger partial charge in [-0.05, 0) is 29.9 Å². The lowest BCUT2D eigenvalue weighted by molar-refractivity contribution is -0.143. The van der Waals surface area contributed by atoms with Gasteiger partial charge in [-0.1, -0.05) is 88.4 Å². The van der Waals surface area contributed by atoms with E-state index in [1.165, 1.54) is 24.0 Å². The van der Waals surface area contributed by atoms with Gasteiger partial charge in [0, 0.05) is 20.6 Å². The van der Waals surface area contributed by atoms with Gasteiger partial charge in [0.05, 0.1) is 24.1 Å². The first kappa shape index (κ1) is 38.1. The smallest absolute Gasteiger partial charge is 0.416 e. The quantitative estimate of drug-likeness (QED) is 0.281. The number of ether oxygens (including phenoxy) is 4. The average molecular weight is 643 g/mol. The van der Waals surface area contributed by atoms with Gasteiger partial charge in [-0.3, -0.25) is 14.4 Å². The Kier molecular flexibility index (Phi) is 16.0. The summed E-state index contributed by atoms with van der Waals surface area (Å²) < 4.78 is 18.9. The van der Waals surface area contributed by atoms with Crippen LogP contribution >= 0.6 is 0 Å². The minimum atomic E-state index is -0.779. The fraction of sp³-hybridized carbons (Fsp3) is 0.500. The molecule has 0 aromatic heterocycles. The number of cyclic esters (lactones) is 2. The van der Waals surface area contributed by atoms with Crippen LogP contribution in [0.25, 0.3) is 0 Å². The molecule has 2 aromatic carbocycles. The molecular weight excluding hydrogens is 596 g/mol. The number of rotatable bonds is 11. The first-order valence-electron chi connectivity index (χ1n) is 15.2. The predicted molar refractivity (Wildman–Crippen MR) is 168 cm³/mol. The fourth-order valence-electron chi connectivity index (χ4n) is 4.89. The van der Waals surface area contributed by atoms with Gasteiger partial charge < -0.3 is 24.1 Å². The van der Waals surface area contributed by atoms with Crippen LogP contribution in [0.3, 0.4) is 0 Å². The van der Waals surface area contributed by atoms with Gasteiger partial charge in [-0.2, -0.15) is 0 Å². The monoisotopic (exact) mass is 642 g/mol. The maximum atomic E-state index is 12.6. The largest absolute Gasteiger partial charge is 0.447 e. The maximum absolute atomic E-state index is 12.6. The SMILES string of the molecule is CC(C)[C@H](O)[C@@H](C)C(=O)N1C(=O)OC[C@H]1Cc1ccccc1.CCC(=O)N1C(=O)OC[C@H]1Cc1ccccc1.COC(C=O)OC. The Morgan fingerprint density at radius 1 is 0.848 bits per heavy atom. The number of aliphatic hydroxyl groups is 1. The number of benzene rings is 2. The molecule has 0 radical (unpaired) electrons. The number of aldehydes is 1. The van der Waals surface area contributed by atoms with Crippen LogP contribution in [-0.4, -0.2) is 97.1 Å². The van der Waals surface area contributed by atoms with Crippen LogP contribution in [-0.2, 0) is 46.2 Å². The van der Waals surface area contributed by atoms with Crippen LogP contribution in [0.1, 0.15) is 45.2 Å². The molecule has 1 N–H and O–H groups in total. The number of carbonyl (C=O) groups excluding carboxylic acids is 5. The lowest BCUT2D eigenvalue weighted by Crippen LogP contribution is -2.46. The molecule has 4 amide bonds. The Morgan fingerprint density at radius 3 is 1.65 bits per heavy atom. The van der Waals surface area contributed by atoms with E-state index in [9.17, 15) is 29.1 Å². The van der Waals surface area contributed by atoms with Crippen LogP contribution < -0.4 is 0 Å². The second-order valence-electron chi connectivity index (χ2n) is 11.2. The molecule has 12 nitrogen and oxygen atoms in total. The molecule has 2 aliphatic heterocycles. The molecule has 4 rings (SSSR count). The van der Waals surface area contributed by atoms with Gasteiger partial charge in [0.25, 0.3) is 0 Å². The molecule has 4 atom stereocenters. The zero-order valence-electron chi connectivity index (χ0n) is 27.4. The third-order valence-corrected chi connectivity index (χ3v) is 7.52. The molecule has 0 aliphatic carbocycles. The Morgan fingerprint density at radius 2 is 1.28 bits per heavy atom. The molecule has 0 unspecified atom stereocenters. The van der Waals surface area contributed by atoms with Crippen molar-refractivity contribution in [2.75, 3.05) is 27.4 Å². The standard InChI is InChI=1S/C17H23NO4.C13H15NO3.C4H8O3/c1-11(2)15(19)12(3)16(20)18-14(10-22-17(18)21)9-13-7-5-4-6-8-13;1-2-12(15)14-11(9-17-13(14)16)8-10-6-4-3-5-7-10;1-6-4(3-5)7-2/h4-8,11-12,14-15,19H,9-10H2,1-3H3;3-7,11H,2,8-9H2,1H3;3-4H,1-2H3/t12-,14-,15+;11-;/m11./s1. The normalized spacial score (nSPS) is 18.5. The molecule has 2 heterocycles. The topological polar surface area (TPSA) is 149 Å². The highest BCUT2D eigenvalue weighted by Gasteiger charge is 2.41. The molecule has 2 saturated heterocycles. The van der Waals surface area contributed by atoms with Crippen molar-refractivity contribution in [3.63, 3.8) is 0 Å². The van der Waals surface area contributed by atoms with Crippen molar-refractivity contribution >= 4 is 30.3 Å². The van der Waals surface area contributed by atoms with Crippen molar-refractivity contribution < 1.29 is 48.0 Å². The molecule has 2 aromatic rings. The molecule has 46 heavy (non-hydrogen) atoms. The molecule has 12 heteroatoms. The van der Waals surface area contributed by atoms with Crippen LogP contribution in [0.2, 0.25) is 0 Å². The number of imide groups is 2. The third-order valence-electron chi connectivity index (χ3n) is 7.52. The fourth-order valence-corrected chi connectivity index (χ4v) is 4.89. The van der Waals surface area contributed by atoms with E-state index in [1.54, 1.807) is 13.8 Å². The zero-order valence-corrected chi connectivity index (χ0v) is 27.4. The molecule has 252 valence electrons. The van der Waals surface area contributed by atoms with Gasteiger partial charge in [0.15, 0.2) is 6.29 Å². The van der Waals surface area contributed by atoms with Gasteiger partial charge in [-0.25, -0.2) is 19.4 Å². The Labute approximate surface area is 270 Å². The lowest BCUT2D eigenvalue weighted by atomic mass is 9.93. The minimum absolute atomic E-state index is 0.0508. The first-order valence-corrected chi connectivity index (χ1v) is 15.2. The highest BCUT2D eigenvalue weighted by Crippen LogP contribution is 2.23. The number of hydrogen-bond acceptors (Lipinski definition) is 10. The Balaban J connectivity index is 0.000000271. The molecule has 0 saturated carbocycles. The maximum Gasteiger partial charge on any atom is 0.416 e. The van der Waals surface area contributed by atoms with E-state index < -0.39 is 30.5 Å². The highest BCUT2D eigenvalue weighted by molar-refractivity contribution is 5.95. The van der Waals surface area contributed by atoms with Crippen molar-refractivity contribution in [2.45, 2.75) is 71.4 Å². The number of nitrogens with zero attached hydrogens (tertiary/aromatic N) is 2. The Bertz CT molecular complexity index is 1250. The lowest BCUT2D eigenvalue weighted by Gasteiger charge is -2.27. The van der Waals surface area contributed by atoms with E-state index >= 15 is 0 Å². The predicted octanol–water partition coefficient (Wildman–Crippen LogP) is 4.02. The summed E-state index contributed by atoms with van der Waals surface area (Å²) in [7, 11) is 2.81. The summed E-state index contributed by atoms with van der Waals surface area (Å²) in [4.78, 5) is 59.7. The van der Waals surface area contributed by atoms with E-state index in [-0.39, 0.29) is 36.4 Å². The third kappa shape index (κ3) is 11.0. The van der Waals surface area contributed by atoms with Crippen molar-refractivity contribution in [2.24, 2.45) is 11.8 Å². The van der Waals surface area contributed by atoms with Crippen LogP contribution in [0, 0.1) is 11.8 Å². The van der Waals surface area contributed by atoms with Crippen molar-refractivity contribution in [3.8, 4) is 0 Å². The number of methoxy groups -OCH3 is 2. The van der Waals surface area contributed by atoms with Crippen LogP contribution in [0.15, 0.2) is 60.7 Å². The van der Waals surface area contributed by atoms with Gasteiger partial charge in [0.2, 0.25) is 18.1 Å². The van der Waals surface area contributed by atoms with Crippen molar-refractivity contribution in [1.29, 1.82) is 0 Å². The summed E-state index contributed by atoms with van der Waals surface area (Å²) in [6.07, 6.45) is -0.494. The molecule has 0 bridgehead atoms. The van der Waals surface area contributed by atoms with E-state index in [2.05, 4.69) is 9.47 Å². The Hall–Kier alpha value is -4.13. The van der Waals surface area contributed by atoms with Gasteiger partial charge >= 0.3 is 12.2 Å². The zero-order chi connectivity index (χ0) is 34.2. The van der Waals surface area contributed by atoms with Crippen molar-refractivity contribution in [3.05, 3.63) is 71.8 Å². The molecule has 2 aliphatic rings. The minimum Gasteiger partial charge on any atom is -0.447 e. The molecular formula is C34H46N2O10. The van der Waals surface area contributed by atoms with Gasteiger partial charge in [0.1, 0.15) is 13.2 Å². The summed E-state index contributed by atoms with van der Waals surface area (Å²) in [5.41, 5.74) is 2.14. The summed E-state index contributed by atoms with van der Waals surface area (Å²) in [5.74, 6) is -1.23.